The number of hydrogen-bond acceptors (Lipinski definition) is 3. The Balaban J connectivity index is 2.51. The highest BCUT2D eigenvalue weighted by Gasteiger charge is 2.20. The number of nitrogens with zero attached hydrogens (tertiary/aromatic N) is 2. The van der Waals surface area contributed by atoms with Crippen LogP contribution < -0.4 is 5.32 Å². The van der Waals surface area contributed by atoms with Crippen molar-refractivity contribution >= 4 is 27.5 Å². The third kappa shape index (κ3) is 2.94. The van der Waals surface area contributed by atoms with Crippen molar-refractivity contribution in [3.8, 4) is 0 Å². The minimum absolute atomic E-state index is 0.0727. The van der Waals surface area contributed by atoms with Crippen molar-refractivity contribution in [3.63, 3.8) is 0 Å². The van der Waals surface area contributed by atoms with Crippen molar-refractivity contribution in [2.45, 2.75) is 13.0 Å². The molecule has 1 heterocycles. The predicted octanol–water partition coefficient (Wildman–Crippen LogP) is 3.65. The summed E-state index contributed by atoms with van der Waals surface area (Å²) < 4.78 is 14.8. The van der Waals surface area contributed by atoms with E-state index in [0.717, 1.165) is 0 Å². The third-order valence-electron chi connectivity index (χ3n) is 2.76. The maximum absolute atomic E-state index is 14.2. The SMILES string of the molecule is CNC(c1ccnc(C)n1)c1ccc(Br)c(Cl)c1F. The molecule has 0 aliphatic carbocycles. The van der Waals surface area contributed by atoms with Crippen LogP contribution in [-0.2, 0) is 0 Å². The lowest BCUT2D eigenvalue weighted by Gasteiger charge is -2.18. The molecule has 1 unspecified atom stereocenters. The first-order chi connectivity index (χ1) is 9.04. The van der Waals surface area contributed by atoms with Gasteiger partial charge >= 0.3 is 0 Å². The van der Waals surface area contributed by atoms with Crippen LogP contribution in [0.15, 0.2) is 28.9 Å². The standard InChI is InChI=1S/C13H12BrClFN3/c1-7-18-6-5-10(19-7)13(17-2)8-3-4-9(14)11(15)12(8)16/h3-6,13,17H,1-2H3. The molecule has 19 heavy (non-hydrogen) atoms. The molecule has 0 aliphatic heterocycles. The molecule has 0 bridgehead atoms. The molecule has 3 nitrogen and oxygen atoms in total. The highest BCUT2D eigenvalue weighted by Crippen LogP contribution is 2.32. The van der Waals surface area contributed by atoms with Gasteiger partial charge < -0.3 is 5.32 Å². The van der Waals surface area contributed by atoms with Crippen LogP contribution >= 0.6 is 27.5 Å². The van der Waals surface area contributed by atoms with Crippen LogP contribution in [0.1, 0.15) is 23.1 Å². The lowest BCUT2D eigenvalue weighted by molar-refractivity contribution is 0.569. The third-order valence-corrected chi connectivity index (χ3v) is 4.02. The van der Waals surface area contributed by atoms with Crippen molar-refractivity contribution in [2.75, 3.05) is 7.05 Å². The Morgan fingerprint density at radius 1 is 1.37 bits per heavy atom. The van der Waals surface area contributed by atoms with Crippen LogP contribution in [0.5, 0.6) is 0 Å². The molecule has 1 N–H and O–H groups in total. The van der Waals surface area contributed by atoms with E-state index in [1.807, 2.05) is 0 Å². The summed E-state index contributed by atoms with van der Waals surface area (Å²) in [7, 11) is 1.75. The highest BCUT2D eigenvalue weighted by atomic mass is 79.9. The fraction of sp³-hybridized carbons (Fsp3) is 0.231. The molecule has 0 saturated carbocycles. The van der Waals surface area contributed by atoms with Gasteiger partial charge in [-0.1, -0.05) is 17.7 Å². The molecule has 0 fully saturated rings. The summed E-state index contributed by atoms with van der Waals surface area (Å²) in [5.41, 5.74) is 1.15. The van der Waals surface area contributed by atoms with Gasteiger partial charge in [0.05, 0.1) is 16.8 Å². The second-order valence-corrected chi connectivity index (χ2v) is 5.25. The van der Waals surface area contributed by atoms with Crippen LogP contribution in [0.3, 0.4) is 0 Å². The lowest BCUT2D eigenvalue weighted by Crippen LogP contribution is -2.20. The summed E-state index contributed by atoms with van der Waals surface area (Å²) in [5.74, 6) is 0.188. The zero-order chi connectivity index (χ0) is 14.0. The second kappa shape index (κ2) is 5.94. The maximum atomic E-state index is 14.2. The van der Waals surface area contributed by atoms with E-state index in [2.05, 4.69) is 31.2 Å². The fourth-order valence-electron chi connectivity index (χ4n) is 1.86. The van der Waals surface area contributed by atoms with E-state index in [1.54, 1.807) is 38.4 Å². The Morgan fingerprint density at radius 3 is 2.74 bits per heavy atom. The fourth-order valence-corrected chi connectivity index (χ4v) is 2.34. The first kappa shape index (κ1) is 14.4. The smallest absolute Gasteiger partial charge is 0.148 e. The number of benzene rings is 1. The van der Waals surface area contributed by atoms with Gasteiger partial charge in [-0.15, -0.1) is 0 Å². The zero-order valence-corrected chi connectivity index (χ0v) is 12.8. The molecule has 100 valence electrons. The Hall–Kier alpha value is -1.04. The van der Waals surface area contributed by atoms with Gasteiger partial charge in [-0.25, -0.2) is 14.4 Å². The number of aromatic nitrogens is 2. The Morgan fingerprint density at radius 2 is 2.11 bits per heavy atom. The average Bonchev–Trinajstić information content (AvgIpc) is 2.40. The van der Waals surface area contributed by atoms with Crippen LogP contribution in [0.2, 0.25) is 5.02 Å². The van der Waals surface area contributed by atoms with E-state index in [9.17, 15) is 4.39 Å². The Kier molecular flexibility index (Phi) is 4.50. The number of rotatable bonds is 3. The van der Waals surface area contributed by atoms with Gasteiger partial charge in [-0.05, 0) is 42.0 Å². The van der Waals surface area contributed by atoms with E-state index in [0.29, 0.717) is 21.6 Å². The zero-order valence-electron chi connectivity index (χ0n) is 10.4. The van der Waals surface area contributed by atoms with Gasteiger partial charge in [0, 0.05) is 16.2 Å². The van der Waals surface area contributed by atoms with Crippen LogP contribution in [-0.4, -0.2) is 17.0 Å². The van der Waals surface area contributed by atoms with Crippen molar-refractivity contribution in [1.82, 2.24) is 15.3 Å². The molecule has 0 amide bonds. The van der Waals surface area contributed by atoms with Crippen molar-refractivity contribution in [1.29, 1.82) is 0 Å². The summed E-state index contributed by atoms with van der Waals surface area (Å²) in [6, 6.07) is 4.79. The van der Waals surface area contributed by atoms with Crippen molar-refractivity contribution in [2.24, 2.45) is 0 Å². The lowest BCUT2D eigenvalue weighted by atomic mass is 10.0. The van der Waals surface area contributed by atoms with Crippen LogP contribution in [0.25, 0.3) is 0 Å². The Labute approximate surface area is 124 Å². The number of halogens is 3. The first-order valence-corrected chi connectivity index (χ1v) is 6.82. The minimum Gasteiger partial charge on any atom is -0.308 e. The monoisotopic (exact) mass is 343 g/mol. The quantitative estimate of drug-likeness (QED) is 0.864. The summed E-state index contributed by atoms with van der Waals surface area (Å²) >= 11 is 9.12. The Bertz CT molecular complexity index is 606. The van der Waals surface area contributed by atoms with Crippen molar-refractivity contribution < 1.29 is 4.39 Å². The maximum Gasteiger partial charge on any atom is 0.148 e. The van der Waals surface area contributed by atoms with Crippen LogP contribution in [0, 0.1) is 12.7 Å². The van der Waals surface area contributed by atoms with E-state index in [4.69, 9.17) is 11.6 Å². The van der Waals surface area contributed by atoms with Gasteiger partial charge in [0.15, 0.2) is 0 Å². The van der Waals surface area contributed by atoms with Gasteiger partial charge in [0.1, 0.15) is 11.6 Å². The molecule has 0 spiro atoms. The topological polar surface area (TPSA) is 37.8 Å². The minimum atomic E-state index is -0.452. The molecule has 2 rings (SSSR count). The van der Waals surface area contributed by atoms with Gasteiger partial charge in [-0.2, -0.15) is 0 Å². The van der Waals surface area contributed by atoms with E-state index < -0.39 is 5.82 Å². The summed E-state index contributed by atoms with van der Waals surface area (Å²) in [6.45, 7) is 1.79. The largest absolute Gasteiger partial charge is 0.308 e. The van der Waals surface area contributed by atoms with Gasteiger partial charge in [0.25, 0.3) is 0 Å². The molecule has 2 aromatic rings. The molecule has 0 radical (unpaired) electrons. The molecule has 1 aromatic heterocycles. The number of aryl methyl sites for hydroxylation is 1. The predicted molar refractivity (Wildman–Crippen MR) is 76.8 cm³/mol. The van der Waals surface area contributed by atoms with Gasteiger partial charge in [-0.3, -0.25) is 0 Å². The molecule has 0 saturated heterocycles. The highest BCUT2D eigenvalue weighted by molar-refractivity contribution is 9.10. The van der Waals surface area contributed by atoms with Crippen LogP contribution in [0.4, 0.5) is 4.39 Å². The summed E-state index contributed by atoms with van der Waals surface area (Å²) in [4.78, 5) is 8.36. The number of hydrogen-bond donors (Lipinski definition) is 1. The summed E-state index contributed by atoms with van der Waals surface area (Å²) in [5, 5.41) is 3.12. The van der Waals surface area contributed by atoms with E-state index >= 15 is 0 Å². The second-order valence-electron chi connectivity index (χ2n) is 4.01. The molecular weight excluding hydrogens is 333 g/mol. The average molecular weight is 345 g/mol. The van der Waals surface area contributed by atoms with E-state index in [-0.39, 0.29) is 11.1 Å². The molecular formula is C13H12BrClFN3. The molecule has 1 atom stereocenters. The van der Waals surface area contributed by atoms with Crippen molar-refractivity contribution in [3.05, 3.63) is 56.8 Å². The molecule has 0 aliphatic rings. The first-order valence-electron chi connectivity index (χ1n) is 5.64. The number of nitrogens with one attached hydrogen (secondary N) is 1. The van der Waals surface area contributed by atoms with Gasteiger partial charge in [0.2, 0.25) is 0 Å². The normalized spacial score (nSPS) is 12.5. The van der Waals surface area contributed by atoms with E-state index in [1.165, 1.54) is 0 Å². The molecule has 1 aromatic carbocycles. The summed E-state index contributed by atoms with van der Waals surface area (Å²) in [6.07, 6.45) is 1.65. The molecule has 6 heteroatoms.